The first-order valence-corrected chi connectivity index (χ1v) is 13.5. The van der Waals surface area contributed by atoms with E-state index in [1.807, 2.05) is 6.07 Å². The molecule has 0 saturated carbocycles. The Hall–Kier alpha value is -2.39. The first-order valence-electron chi connectivity index (χ1n) is 11.0. The van der Waals surface area contributed by atoms with Gasteiger partial charge in [-0.1, -0.05) is 61.0 Å². The molecule has 0 aliphatic carbocycles. The van der Waals surface area contributed by atoms with E-state index in [9.17, 15) is 18.0 Å². The number of sulfone groups is 1. The number of esters is 1. The van der Waals surface area contributed by atoms with Crippen LogP contribution >= 0.6 is 23.2 Å². The lowest BCUT2D eigenvalue weighted by Gasteiger charge is -2.48. The zero-order valence-electron chi connectivity index (χ0n) is 19.4. The number of hydrogen-bond acceptors (Lipinski definition) is 6. The summed E-state index contributed by atoms with van der Waals surface area (Å²) in [6, 6.07) is 12.5. The molecule has 1 heterocycles. The van der Waals surface area contributed by atoms with Crippen molar-refractivity contribution in [2.45, 2.75) is 44.1 Å². The van der Waals surface area contributed by atoms with E-state index >= 15 is 0 Å². The van der Waals surface area contributed by atoms with Gasteiger partial charge in [-0.05, 0) is 41.8 Å². The number of hydrogen-bond donors (Lipinski definition) is 0. The topological polar surface area (TPSA) is 90.0 Å². The lowest BCUT2D eigenvalue weighted by atomic mass is 9.89. The Kier molecular flexibility index (Phi) is 8.99. The average molecular weight is 540 g/mol. The van der Waals surface area contributed by atoms with Crippen LogP contribution in [0.3, 0.4) is 0 Å². The van der Waals surface area contributed by atoms with Crippen LogP contribution in [0.15, 0.2) is 60.5 Å². The quantitative estimate of drug-likeness (QED) is 0.421. The number of rotatable bonds is 9. The average Bonchev–Trinajstić information content (AvgIpc) is 2.84. The fourth-order valence-electron chi connectivity index (χ4n) is 4.21. The molecule has 0 bridgehead atoms. The number of carbonyl (C=O) groups is 2. The maximum absolute atomic E-state index is 13.8. The van der Waals surface area contributed by atoms with Gasteiger partial charge in [-0.25, -0.2) is 8.42 Å². The zero-order valence-corrected chi connectivity index (χ0v) is 21.7. The molecule has 7 nitrogen and oxygen atoms in total. The summed E-state index contributed by atoms with van der Waals surface area (Å²) in [6.07, 6.45) is -1.89. The molecule has 3 rings (SSSR count). The molecule has 1 fully saturated rings. The van der Waals surface area contributed by atoms with Crippen LogP contribution in [0.1, 0.15) is 43.0 Å². The van der Waals surface area contributed by atoms with Crippen LogP contribution in [0.25, 0.3) is 0 Å². The van der Waals surface area contributed by atoms with Gasteiger partial charge >= 0.3 is 5.97 Å². The molecule has 1 aliphatic heterocycles. The number of methoxy groups -OCH3 is 1. The van der Waals surface area contributed by atoms with E-state index in [2.05, 4.69) is 6.58 Å². The van der Waals surface area contributed by atoms with Crippen molar-refractivity contribution in [1.29, 1.82) is 0 Å². The number of benzene rings is 2. The third kappa shape index (κ3) is 6.44. The maximum atomic E-state index is 13.8. The highest BCUT2D eigenvalue weighted by atomic mass is 35.5. The van der Waals surface area contributed by atoms with Gasteiger partial charge in [0.1, 0.15) is 12.2 Å². The lowest BCUT2D eigenvalue weighted by molar-refractivity contribution is -0.183. The van der Waals surface area contributed by atoms with Crippen LogP contribution in [-0.2, 0) is 28.9 Å². The molecule has 0 radical (unpaired) electrons. The number of carbonyl (C=O) groups excluding carboxylic acids is 2. The van der Waals surface area contributed by atoms with Crippen LogP contribution in [-0.4, -0.2) is 50.2 Å². The van der Waals surface area contributed by atoms with E-state index in [1.54, 1.807) is 49.4 Å². The predicted molar refractivity (Wildman–Crippen MR) is 135 cm³/mol. The summed E-state index contributed by atoms with van der Waals surface area (Å²) in [4.78, 5) is 27.4. The van der Waals surface area contributed by atoms with Crippen LogP contribution in [0.4, 0.5) is 0 Å². The second-order valence-electron chi connectivity index (χ2n) is 8.18. The van der Waals surface area contributed by atoms with Crippen LogP contribution in [0.2, 0.25) is 10.0 Å². The Balaban J connectivity index is 2.21. The first kappa shape index (κ1) is 27.2. The standard InChI is InChI=1S/C25H27Cl2NO6S/c1-4-20(15-35(31,32)5-2)28-23(16-9-11-18(26)12-10-16)24(17-7-6-8-19(27)13-17)34-21(25(28)30)14-22(29)33-3/h5-13,20-21,23-24H,2,4,14-15H2,1,3H3/t20-,21-,23+,24+/m0/s1. The highest BCUT2D eigenvalue weighted by molar-refractivity contribution is 7.94. The van der Waals surface area contributed by atoms with E-state index < -0.39 is 46.0 Å². The normalized spacial score (nSPS) is 21.4. The predicted octanol–water partition coefficient (Wildman–Crippen LogP) is 4.90. The lowest BCUT2D eigenvalue weighted by Crippen LogP contribution is -2.56. The molecule has 35 heavy (non-hydrogen) atoms. The van der Waals surface area contributed by atoms with Crippen LogP contribution < -0.4 is 0 Å². The van der Waals surface area contributed by atoms with Crippen molar-refractivity contribution in [3.8, 4) is 0 Å². The van der Waals surface area contributed by atoms with Gasteiger partial charge in [0.25, 0.3) is 5.91 Å². The largest absolute Gasteiger partial charge is 0.469 e. The zero-order chi connectivity index (χ0) is 25.8. The van der Waals surface area contributed by atoms with E-state index in [0.717, 1.165) is 5.41 Å². The number of ether oxygens (including phenoxy) is 2. The third-order valence-corrected chi connectivity index (χ3v) is 7.78. The van der Waals surface area contributed by atoms with Gasteiger partial charge in [0, 0.05) is 21.5 Å². The van der Waals surface area contributed by atoms with E-state index in [-0.39, 0.29) is 12.2 Å². The molecule has 0 N–H and O–H groups in total. The van der Waals surface area contributed by atoms with Crippen LogP contribution in [0, 0.1) is 0 Å². The second-order valence-corrected chi connectivity index (χ2v) is 11.0. The minimum atomic E-state index is -3.65. The number of amides is 1. The minimum Gasteiger partial charge on any atom is -0.469 e. The van der Waals surface area contributed by atoms with Gasteiger partial charge in [0.05, 0.1) is 25.3 Å². The van der Waals surface area contributed by atoms with Gasteiger partial charge in [0.15, 0.2) is 9.84 Å². The molecule has 10 heteroatoms. The Bertz CT molecular complexity index is 1180. The maximum Gasteiger partial charge on any atom is 0.308 e. The molecule has 0 unspecified atom stereocenters. The van der Waals surface area contributed by atoms with Crippen molar-refractivity contribution in [3.05, 3.63) is 81.7 Å². The molecule has 1 amide bonds. The van der Waals surface area contributed by atoms with Crippen molar-refractivity contribution in [2.75, 3.05) is 12.9 Å². The molecular formula is C25H27Cl2NO6S. The van der Waals surface area contributed by atoms with Gasteiger partial charge in [-0.15, -0.1) is 0 Å². The Morgan fingerprint density at radius 3 is 2.43 bits per heavy atom. The second kappa shape index (κ2) is 11.6. The van der Waals surface area contributed by atoms with Gasteiger partial charge in [-0.3, -0.25) is 9.59 Å². The van der Waals surface area contributed by atoms with E-state index in [4.69, 9.17) is 32.7 Å². The summed E-state index contributed by atoms with van der Waals surface area (Å²) in [5.74, 6) is -1.44. The molecule has 188 valence electrons. The number of halogens is 2. The summed E-state index contributed by atoms with van der Waals surface area (Å²) in [5.41, 5.74) is 1.37. The number of nitrogens with zero attached hydrogens (tertiary/aromatic N) is 1. The van der Waals surface area contributed by atoms with Gasteiger partial charge in [0.2, 0.25) is 0 Å². The van der Waals surface area contributed by atoms with Crippen molar-refractivity contribution in [3.63, 3.8) is 0 Å². The summed E-state index contributed by atoms with van der Waals surface area (Å²) < 4.78 is 36.0. The van der Waals surface area contributed by atoms with Crippen molar-refractivity contribution in [1.82, 2.24) is 4.90 Å². The smallest absolute Gasteiger partial charge is 0.308 e. The summed E-state index contributed by atoms with van der Waals surface area (Å²) in [7, 11) is -2.43. The van der Waals surface area contributed by atoms with Crippen molar-refractivity contribution >= 4 is 44.9 Å². The summed E-state index contributed by atoms with van der Waals surface area (Å²) in [6.45, 7) is 5.20. The fourth-order valence-corrected chi connectivity index (χ4v) is 5.60. The highest BCUT2D eigenvalue weighted by Gasteiger charge is 2.47. The number of morpholine rings is 1. The molecular weight excluding hydrogens is 513 g/mol. The summed E-state index contributed by atoms with van der Waals surface area (Å²) in [5, 5.41) is 1.86. The molecule has 2 aromatic carbocycles. The molecule has 2 aromatic rings. The molecule has 1 saturated heterocycles. The van der Waals surface area contributed by atoms with Gasteiger partial charge in [-0.2, -0.15) is 0 Å². The SMILES string of the molecule is C=CS(=O)(=O)C[C@H](CC)N1C(=O)[C@H](CC(=O)OC)O[C@H](c2cccc(Cl)c2)[C@H]1c1ccc(Cl)cc1. The van der Waals surface area contributed by atoms with Gasteiger partial charge < -0.3 is 14.4 Å². The monoisotopic (exact) mass is 539 g/mol. The van der Waals surface area contributed by atoms with E-state index in [0.29, 0.717) is 27.6 Å². The Morgan fingerprint density at radius 2 is 1.86 bits per heavy atom. The molecule has 1 aliphatic rings. The summed E-state index contributed by atoms with van der Waals surface area (Å²) >= 11 is 12.4. The van der Waals surface area contributed by atoms with Crippen molar-refractivity contribution in [2.24, 2.45) is 0 Å². The third-order valence-electron chi connectivity index (χ3n) is 5.94. The van der Waals surface area contributed by atoms with Crippen LogP contribution in [0.5, 0.6) is 0 Å². The molecule has 4 atom stereocenters. The van der Waals surface area contributed by atoms with Crippen molar-refractivity contribution < 1.29 is 27.5 Å². The highest BCUT2D eigenvalue weighted by Crippen LogP contribution is 2.44. The minimum absolute atomic E-state index is 0.319. The molecule has 0 aromatic heterocycles. The Labute approximate surface area is 215 Å². The Morgan fingerprint density at radius 1 is 1.17 bits per heavy atom. The fraction of sp³-hybridized carbons (Fsp3) is 0.360. The molecule has 0 spiro atoms. The first-order chi connectivity index (χ1) is 16.6. The van der Waals surface area contributed by atoms with E-state index in [1.165, 1.54) is 12.0 Å².